The number of ether oxygens (including phenoxy) is 1. The van der Waals surface area contributed by atoms with E-state index in [1.807, 2.05) is 61.9 Å². The molecule has 3 aromatic heterocycles. The number of benzene rings is 1. The third-order valence-corrected chi connectivity index (χ3v) is 6.88. The molecule has 0 aliphatic carbocycles. The average Bonchev–Trinajstić information content (AvgIpc) is 3.32. The van der Waals surface area contributed by atoms with Gasteiger partial charge in [0, 0.05) is 67.3 Å². The van der Waals surface area contributed by atoms with E-state index in [1.54, 1.807) is 6.20 Å². The second-order valence-electron chi connectivity index (χ2n) is 9.70. The monoisotopic (exact) mass is 483 g/mol. The Bertz CT molecular complexity index is 1270. The van der Waals surface area contributed by atoms with Gasteiger partial charge in [0.25, 0.3) is 0 Å². The highest BCUT2D eigenvalue weighted by Crippen LogP contribution is 2.25. The van der Waals surface area contributed by atoms with Gasteiger partial charge in [-0.2, -0.15) is 0 Å². The molecule has 5 rings (SSSR count). The second kappa shape index (κ2) is 11.4. The highest BCUT2D eigenvalue weighted by atomic mass is 16.5. The normalized spacial score (nSPS) is 18.2. The van der Waals surface area contributed by atoms with Crippen molar-refractivity contribution < 1.29 is 9.53 Å². The number of carbonyl (C=O) groups is 1. The summed E-state index contributed by atoms with van der Waals surface area (Å²) in [5.74, 6) is 1.07. The number of nitrogens with one attached hydrogen (secondary N) is 2. The number of para-hydroxylation sites is 1. The number of pyridine rings is 2. The lowest BCUT2D eigenvalue weighted by atomic mass is 9.88. The van der Waals surface area contributed by atoms with E-state index < -0.39 is 0 Å². The molecule has 0 unspecified atom stereocenters. The fraction of sp³-hybridized carbons (Fsp3) is 0.345. The van der Waals surface area contributed by atoms with Crippen molar-refractivity contribution >= 4 is 16.8 Å². The molecule has 2 atom stereocenters. The lowest BCUT2D eigenvalue weighted by Gasteiger charge is -2.37. The van der Waals surface area contributed by atoms with Crippen molar-refractivity contribution in [3.8, 4) is 5.75 Å². The summed E-state index contributed by atoms with van der Waals surface area (Å²) in [6.45, 7) is 5.58. The van der Waals surface area contributed by atoms with E-state index >= 15 is 0 Å². The topological polar surface area (TPSA) is 83.1 Å². The average molecular weight is 484 g/mol. The summed E-state index contributed by atoms with van der Waals surface area (Å²) in [5, 5.41) is 4.42. The molecule has 4 aromatic rings. The van der Waals surface area contributed by atoms with Crippen molar-refractivity contribution in [2.24, 2.45) is 11.8 Å². The van der Waals surface area contributed by atoms with E-state index in [0.717, 1.165) is 49.4 Å². The van der Waals surface area contributed by atoms with E-state index in [1.165, 1.54) is 16.5 Å². The van der Waals surface area contributed by atoms with Gasteiger partial charge in [-0.05, 0) is 61.2 Å². The minimum absolute atomic E-state index is 0.0756. The first-order valence-corrected chi connectivity index (χ1v) is 12.6. The first-order valence-electron chi connectivity index (χ1n) is 12.6. The number of likely N-dealkylation sites (tertiary alicyclic amines) is 1. The highest BCUT2D eigenvalue weighted by molar-refractivity contribution is 5.83. The van der Waals surface area contributed by atoms with Crippen molar-refractivity contribution in [2.45, 2.75) is 26.3 Å². The molecule has 1 aromatic carbocycles. The lowest BCUT2D eigenvalue weighted by Crippen LogP contribution is -2.47. The molecule has 0 bridgehead atoms. The molecule has 36 heavy (non-hydrogen) atoms. The van der Waals surface area contributed by atoms with Gasteiger partial charge in [-0.1, -0.05) is 18.2 Å². The van der Waals surface area contributed by atoms with Gasteiger partial charge in [0.1, 0.15) is 5.75 Å². The Labute approximate surface area is 211 Å². The Morgan fingerprint density at radius 1 is 1.14 bits per heavy atom. The lowest BCUT2D eigenvalue weighted by molar-refractivity contribution is -0.127. The van der Waals surface area contributed by atoms with Gasteiger partial charge < -0.3 is 15.0 Å². The van der Waals surface area contributed by atoms with Crippen molar-refractivity contribution in [3.05, 3.63) is 90.1 Å². The number of H-pyrrole nitrogens is 1. The minimum Gasteiger partial charge on any atom is -0.492 e. The van der Waals surface area contributed by atoms with Gasteiger partial charge in [-0.25, -0.2) is 0 Å². The van der Waals surface area contributed by atoms with Crippen LogP contribution < -0.4 is 10.1 Å². The van der Waals surface area contributed by atoms with Crippen LogP contribution in [0.4, 0.5) is 0 Å². The van der Waals surface area contributed by atoms with E-state index in [4.69, 9.17) is 4.74 Å². The standard InChI is InChI=1S/C29H33N5O2/c1-21-6-7-26(16-32-21)36-20-23-14-25(19-34(18-23)17-22-8-11-30-12-9-22)29(35)31-13-10-24-15-33-28-5-3-2-4-27(24)28/h2-9,11-12,15-16,23,25,33H,10,13-14,17-20H2,1H3,(H,31,35)/t23-,25+/m0/s1. The zero-order valence-electron chi connectivity index (χ0n) is 20.7. The van der Waals surface area contributed by atoms with Crippen LogP contribution in [0.2, 0.25) is 0 Å². The number of rotatable bonds is 9. The van der Waals surface area contributed by atoms with E-state index in [2.05, 4.69) is 37.3 Å². The van der Waals surface area contributed by atoms with Crippen LogP contribution >= 0.6 is 0 Å². The summed E-state index contributed by atoms with van der Waals surface area (Å²) < 4.78 is 6.06. The number of fused-ring (bicyclic) bond motifs is 1. The van der Waals surface area contributed by atoms with E-state index in [9.17, 15) is 4.79 Å². The van der Waals surface area contributed by atoms with Gasteiger partial charge in [-0.15, -0.1) is 0 Å². The summed E-state index contributed by atoms with van der Waals surface area (Å²) in [6.07, 6.45) is 9.06. The van der Waals surface area contributed by atoms with Crippen LogP contribution in [0.25, 0.3) is 10.9 Å². The van der Waals surface area contributed by atoms with Gasteiger partial charge in [0.2, 0.25) is 5.91 Å². The predicted molar refractivity (Wildman–Crippen MR) is 141 cm³/mol. The summed E-state index contributed by atoms with van der Waals surface area (Å²) in [7, 11) is 0. The number of hydrogen-bond donors (Lipinski definition) is 2. The number of nitrogens with zero attached hydrogens (tertiary/aromatic N) is 3. The van der Waals surface area contributed by atoms with Crippen LogP contribution in [0.15, 0.2) is 73.3 Å². The summed E-state index contributed by atoms with van der Waals surface area (Å²) >= 11 is 0. The molecule has 1 aliphatic rings. The molecule has 4 heterocycles. The largest absolute Gasteiger partial charge is 0.492 e. The first kappa shape index (κ1) is 24.0. The molecule has 0 radical (unpaired) electrons. The van der Waals surface area contributed by atoms with Crippen LogP contribution in [-0.2, 0) is 17.8 Å². The van der Waals surface area contributed by atoms with Crippen molar-refractivity contribution in [1.82, 2.24) is 25.2 Å². The second-order valence-corrected chi connectivity index (χ2v) is 9.70. The minimum atomic E-state index is -0.0756. The molecule has 7 nitrogen and oxygen atoms in total. The molecule has 1 fully saturated rings. The van der Waals surface area contributed by atoms with Gasteiger partial charge in [-0.3, -0.25) is 19.7 Å². The quantitative estimate of drug-likeness (QED) is 0.374. The summed E-state index contributed by atoms with van der Waals surface area (Å²) in [5.41, 5.74) is 4.53. The van der Waals surface area contributed by atoms with Crippen LogP contribution in [-0.4, -0.2) is 52.0 Å². The zero-order chi connectivity index (χ0) is 24.7. The number of amides is 1. The zero-order valence-corrected chi connectivity index (χ0v) is 20.7. The van der Waals surface area contributed by atoms with Crippen LogP contribution in [0.3, 0.4) is 0 Å². The molecule has 1 saturated heterocycles. The van der Waals surface area contributed by atoms with E-state index in [0.29, 0.717) is 13.2 Å². The van der Waals surface area contributed by atoms with Crippen LogP contribution in [0.5, 0.6) is 5.75 Å². The molecule has 186 valence electrons. The van der Waals surface area contributed by atoms with Gasteiger partial charge in [0.15, 0.2) is 0 Å². The van der Waals surface area contributed by atoms with Crippen molar-refractivity contribution in [2.75, 3.05) is 26.2 Å². The summed E-state index contributed by atoms with van der Waals surface area (Å²) in [6, 6.07) is 16.3. The summed E-state index contributed by atoms with van der Waals surface area (Å²) in [4.78, 5) is 27.4. The Kier molecular flexibility index (Phi) is 7.57. The molecular weight excluding hydrogens is 450 g/mol. The van der Waals surface area contributed by atoms with Crippen molar-refractivity contribution in [1.29, 1.82) is 0 Å². The smallest absolute Gasteiger partial charge is 0.224 e. The fourth-order valence-corrected chi connectivity index (χ4v) is 5.05. The highest BCUT2D eigenvalue weighted by Gasteiger charge is 2.32. The van der Waals surface area contributed by atoms with Gasteiger partial charge >= 0.3 is 0 Å². The number of carbonyl (C=O) groups excluding carboxylic acids is 1. The first-order chi connectivity index (χ1) is 17.6. The van der Waals surface area contributed by atoms with Crippen LogP contribution in [0, 0.1) is 18.8 Å². The van der Waals surface area contributed by atoms with E-state index in [-0.39, 0.29) is 17.7 Å². The molecule has 1 amide bonds. The molecule has 2 N–H and O–H groups in total. The predicted octanol–water partition coefficient (Wildman–Crippen LogP) is 4.14. The third kappa shape index (κ3) is 6.10. The Morgan fingerprint density at radius 2 is 2.00 bits per heavy atom. The molecule has 0 spiro atoms. The Morgan fingerprint density at radius 3 is 2.83 bits per heavy atom. The number of hydrogen-bond acceptors (Lipinski definition) is 5. The molecule has 7 heteroatoms. The maximum atomic E-state index is 13.2. The number of aryl methyl sites for hydroxylation is 1. The molecule has 0 saturated carbocycles. The van der Waals surface area contributed by atoms with Crippen LogP contribution in [0.1, 0.15) is 23.2 Å². The molecular formula is C29H33N5O2. The SMILES string of the molecule is Cc1ccc(OC[C@H]2C[C@@H](C(=O)NCCc3c[nH]c4ccccc34)CN(Cc3ccncc3)C2)cn1. The Balaban J connectivity index is 1.20. The fourth-order valence-electron chi connectivity index (χ4n) is 5.05. The number of piperidine rings is 1. The van der Waals surface area contributed by atoms with Crippen molar-refractivity contribution in [3.63, 3.8) is 0 Å². The Hall–Kier alpha value is -3.71. The van der Waals surface area contributed by atoms with Gasteiger partial charge in [0.05, 0.1) is 18.7 Å². The maximum absolute atomic E-state index is 13.2. The third-order valence-electron chi connectivity index (χ3n) is 6.88. The maximum Gasteiger partial charge on any atom is 0.224 e. The number of aromatic nitrogens is 3. The number of aromatic amines is 1. The molecule has 1 aliphatic heterocycles.